The van der Waals surface area contributed by atoms with E-state index >= 15 is 0 Å². The summed E-state index contributed by atoms with van der Waals surface area (Å²) in [6.45, 7) is 1.93. The molecule has 0 radical (unpaired) electrons. The minimum Gasteiger partial charge on any atom is -0.465 e. The van der Waals surface area contributed by atoms with Gasteiger partial charge >= 0.3 is 5.97 Å². The Kier molecular flexibility index (Phi) is 7.65. The van der Waals surface area contributed by atoms with Crippen LogP contribution >= 0.6 is 12.2 Å². The molecule has 0 aliphatic heterocycles. The average molecular weight is 399 g/mol. The van der Waals surface area contributed by atoms with Gasteiger partial charge < -0.3 is 15.4 Å². The lowest BCUT2D eigenvalue weighted by atomic mass is 10.1. The lowest BCUT2D eigenvalue weighted by Gasteiger charge is -2.11. The molecule has 0 aromatic heterocycles. The molecule has 2 aromatic rings. The first-order chi connectivity index (χ1) is 13.4. The molecule has 2 amide bonds. The van der Waals surface area contributed by atoms with Gasteiger partial charge in [-0.3, -0.25) is 14.9 Å². The van der Waals surface area contributed by atoms with E-state index in [1.807, 2.05) is 6.92 Å². The second-order valence-electron chi connectivity index (χ2n) is 5.86. The molecule has 0 heterocycles. The van der Waals surface area contributed by atoms with E-state index in [1.54, 1.807) is 24.3 Å². The predicted octanol–water partition coefficient (Wildman–Crippen LogP) is 3.34. The van der Waals surface area contributed by atoms with Crippen molar-refractivity contribution in [1.29, 1.82) is 0 Å². The molecular weight excluding hydrogens is 378 g/mol. The number of hydrogen-bond acceptors (Lipinski definition) is 5. The molecule has 0 spiro atoms. The van der Waals surface area contributed by atoms with Gasteiger partial charge in [-0.2, -0.15) is 0 Å². The van der Waals surface area contributed by atoms with Crippen LogP contribution in [0, 0.1) is 0 Å². The van der Waals surface area contributed by atoms with Crippen molar-refractivity contribution in [3.05, 3.63) is 59.7 Å². The first-order valence-corrected chi connectivity index (χ1v) is 9.04. The van der Waals surface area contributed by atoms with Gasteiger partial charge in [0.2, 0.25) is 5.91 Å². The number of carbonyl (C=O) groups is 3. The van der Waals surface area contributed by atoms with Gasteiger partial charge in [-0.1, -0.05) is 13.0 Å². The number of benzene rings is 2. The van der Waals surface area contributed by atoms with Gasteiger partial charge in [-0.05, 0) is 61.1 Å². The van der Waals surface area contributed by atoms with Crippen LogP contribution in [0.5, 0.6) is 0 Å². The van der Waals surface area contributed by atoms with Crippen molar-refractivity contribution < 1.29 is 19.1 Å². The van der Waals surface area contributed by atoms with Crippen LogP contribution in [0.25, 0.3) is 0 Å². The van der Waals surface area contributed by atoms with Gasteiger partial charge in [0.05, 0.1) is 12.7 Å². The Hall–Kier alpha value is -3.26. The van der Waals surface area contributed by atoms with E-state index in [1.165, 1.54) is 31.4 Å². The third-order valence-electron chi connectivity index (χ3n) is 3.68. The number of amides is 2. The summed E-state index contributed by atoms with van der Waals surface area (Å²) in [5.41, 5.74) is 1.95. The number of thiocarbonyl (C=S) groups is 1. The number of anilines is 2. The molecule has 28 heavy (non-hydrogen) atoms. The zero-order chi connectivity index (χ0) is 20.5. The maximum atomic E-state index is 12.3. The van der Waals surface area contributed by atoms with Crippen molar-refractivity contribution in [2.24, 2.45) is 0 Å². The summed E-state index contributed by atoms with van der Waals surface area (Å²) >= 11 is 5.17. The maximum absolute atomic E-state index is 12.3. The molecule has 0 aliphatic carbocycles. The van der Waals surface area contributed by atoms with Crippen LogP contribution in [0.4, 0.5) is 11.4 Å². The van der Waals surface area contributed by atoms with E-state index < -0.39 is 11.9 Å². The zero-order valence-electron chi connectivity index (χ0n) is 15.6. The van der Waals surface area contributed by atoms with Crippen molar-refractivity contribution in [2.75, 3.05) is 17.7 Å². The van der Waals surface area contributed by atoms with Crippen molar-refractivity contribution in [3.8, 4) is 0 Å². The number of carbonyl (C=O) groups excluding carboxylic acids is 3. The van der Waals surface area contributed by atoms with E-state index in [0.717, 1.165) is 6.42 Å². The van der Waals surface area contributed by atoms with E-state index in [0.29, 0.717) is 28.9 Å². The quantitative estimate of drug-likeness (QED) is 0.509. The topological polar surface area (TPSA) is 96.5 Å². The normalized spacial score (nSPS) is 9.93. The molecule has 0 atom stereocenters. The number of nitrogens with one attached hydrogen (secondary N) is 3. The summed E-state index contributed by atoms with van der Waals surface area (Å²) in [5, 5.41) is 8.37. The first kappa shape index (κ1) is 21.0. The van der Waals surface area contributed by atoms with Gasteiger partial charge in [0.25, 0.3) is 5.91 Å². The summed E-state index contributed by atoms with van der Waals surface area (Å²) in [5.74, 6) is -0.956. The van der Waals surface area contributed by atoms with Crippen LogP contribution in [-0.2, 0) is 9.53 Å². The fraction of sp³-hybridized carbons (Fsp3) is 0.200. The van der Waals surface area contributed by atoms with Crippen LogP contribution in [0.15, 0.2) is 48.5 Å². The van der Waals surface area contributed by atoms with Crippen LogP contribution < -0.4 is 16.0 Å². The lowest BCUT2D eigenvalue weighted by Crippen LogP contribution is -2.34. The van der Waals surface area contributed by atoms with Crippen molar-refractivity contribution in [1.82, 2.24) is 5.32 Å². The van der Waals surface area contributed by atoms with Gasteiger partial charge in [0, 0.05) is 23.4 Å². The molecule has 2 aromatic carbocycles. The molecule has 146 valence electrons. The Labute approximate surface area is 168 Å². The molecule has 0 saturated carbocycles. The Morgan fingerprint density at radius 2 is 1.57 bits per heavy atom. The molecular formula is C20H21N3O4S. The van der Waals surface area contributed by atoms with Crippen molar-refractivity contribution >= 4 is 46.5 Å². The van der Waals surface area contributed by atoms with E-state index in [2.05, 4.69) is 20.7 Å². The summed E-state index contributed by atoms with van der Waals surface area (Å²) in [6.07, 6.45) is 1.21. The Morgan fingerprint density at radius 1 is 0.964 bits per heavy atom. The summed E-state index contributed by atoms with van der Waals surface area (Å²) in [4.78, 5) is 35.4. The fourth-order valence-corrected chi connectivity index (χ4v) is 2.55. The van der Waals surface area contributed by atoms with Crippen LogP contribution in [0.2, 0.25) is 0 Å². The molecule has 0 aliphatic rings. The van der Waals surface area contributed by atoms with E-state index in [-0.39, 0.29) is 11.0 Å². The second kappa shape index (κ2) is 10.2. The number of methoxy groups -OCH3 is 1. The monoisotopic (exact) mass is 399 g/mol. The van der Waals surface area contributed by atoms with E-state index in [4.69, 9.17) is 12.2 Å². The van der Waals surface area contributed by atoms with Crippen molar-refractivity contribution in [2.45, 2.75) is 19.8 Å². The highest BCUT2D eigenvalue weighted by Crippen LogP contribution is 2.15. The SMILES string of the molecule is CCCC(=O)Nc1cccc(NC(=S)NC(=O)c2ccc(C(=O)OC)cc2)c1. The minimum atomic E-state index is -0.477. The van der Waals surface area contributed by atoms with E-state index in [9.17, 15) is 14.4 Å². The van der Waals surface area contributed by atoms with Crippen LogP contribution in [0.3, 0.4) is 0 Å². The highest BCUT2D eigenvalue weighted by atomic mass is 32.1. The van der Waals surface area contributed by atoms with Gasteiger partial charge in [0.1, 0.15) is 0 Å². The minimum absolute atomic E-state index is 0.0640. The fourth-order valence-electron chi connectivity index (χ4n) is 2.34. The molecule has 2 rings (SSSR count). The summed E-state index contributed by atoms with van der Waals surface area (Å²) in [7, 11) is 1.29. The number of esters is 1. The zero-order valence-corrected chi connectivity index (χ0v) is 16.4. The molecule has 7 nitrogen and oxygen atoms in total. The summed E-state index contributed by atoms with van der Waals surface area (Å²) < 4.78 is 4.62. The Bertz CT molecular complexity index is 881. The van der Waals surface area contributed by atoms with Gasteiger partial charge in [-0.15, -0.1) is 0 Å². The van der Waals surface area contributed by atoms with Gasteiger partial charge in [-0.25, -0.2) is 4.79 Å². The highest BCUT2D eigenvalue weighted by molar-refractivity contribution is 7.80. The van der Waals surface area contributed by atoms with Crippen LogP contribution in [0.1, 0.15) is 40.5 Å². The van der Waals surface area contributed by atoms with Crippen molar-refractivity contribution in [3.63, 3.8) is 0 Å². The average Bonchev–Trinajstić information content (AvgIpc) is 2.67. The second-order valence-corrected chi connectivity index (χ2v) is 6.26. The lowest BCUT2D eigenvalue weighted by molar-refractivity contribution is -0.116. The molecule has 8 heteroatoms. The third-order valence-corrected chi connectivity index (χ3v) is 3.88. The third kappa shape index (κ3) is 6.17. The molecule has 3 N–H and O–H groups in total. The highest BCUT2D eigenvalue weighted by Gasteiger charge is 2.11. The summed E-state index contributed by atoms with van der Waals surface area (Å²) in [6, 6.07) is 13.0. The standard InChI is InChI=1S/C20H21N3O4S/c1-3-5-17(24)21-15-6-4-7-16(12-15)22-20(28)23-18(25)13-8-10-14(11-9-13)19(26)27-2/h4,6-12H,3,5H2,1-2H3,(H,21,24)(H2,22,23,25,28). The molecule has 0 saturated heterocycles. The molecule has 0 unspecified atom stereocenters. The molecule has 0 fully saturated rings. The first-order valence-electron chi connectivity index (χ1n) is 8.63. The number of hydrogen-bond donors (Lipinski definition) is 3. The molecule has 0 bridgehead atoms. The maximum Gasteiger partial charge on any atom is 0.337 e. The number of rotatable bonds is 6. The largest absolute Gasteiger partial charge is 0.465 e. The smallest absolute Gasteiger partial charge is 0.337 e. The van der Waals surface area contributed by atoms with Gasteiger partial charge in [0.15, 0.2) is 5.11 Å². The van der Waals surface area contributed by atoms with Crippen LogP contribution in [-0.4, -0.2) is 30.0 Å². The number of ether oxygens (including phenoxy) is 1. The predicted molar refractivity (Wildman–Crippen MR) is 111 cm³/mol. The Balaban J connectivity index is 1.95. The Morgan fingerprint density at radius 3 is 2.18 bits per heavy atom.